The maximum Gasteiger partial charge on any atom is 0.335 e. The molecule has 44 heavy (non-hydrogen) atoms. The maximum atomic E-state index is 15.3. The zero-order chi connectivity index (χ0) is 31.8. The van der Waals surface area contributed by atoms with Crippen molar-refractivity contribution in [1.82, 2.24) is 24.3 Å². The average molecular weight is 606 g/mol. The van der Waals surface area contributed by atoms with Gasteiger partial charge in [-0.2, -0.15) is 5.10 Å². The Labute approximate surface area is 249 Å². The van der Waals surface area contributed by atoms with Crippen molar-refractivity contribution in [2.45, 2.75) is 39.3 Å². The van der Waals surface area contributed by atoms with Crippen LogP contribution in [0.4, 0.5) is 20.3 Å². The number of fused-ring (bicyclic) bond motifs is 1. The fraction of sp³-hybridized carbons (Fsp3) is 0.233. The van der Waals surface area contributed by atoms with Crippen LogP contribution >= 0.6 is 0 Å². The number of amides is 1. The maximum absolute atomic E-state index is 15.3. The van der Waals surface area contributed by atoms with E-state index in [1.54, 1.807) is 27.7 Å². The Morgan fingerprint density at radius 3 is 2.48 bits per heavy atom. The Morgan fingerprint density at radius 2 is 1.82 bits per heavy atom. The number of halogens is 2. The van der Waals surface area contributed by atoms with Gasteiger partial charge in [-0.3, -0.25) is 19.3 Å². The Bertz CT molecular complexity index is 1980. The first-order chi connectivity index (χ1) is 20.9. The second-order valence-corrected chi connectivity index (χ2v) is 10.9. The molecule has 0 aliphatic rings. The van der Waals surface area contributed by atoms with Gasteiger partial charge in [-0.1, -0.05) is 0 Å². The molecule has 0 fully saturated rings. The first kappa shape index (κ1) is 30.1. The van der Waals surface area contributed by atoms with Gasteiger partial charge in [0.05, 0.1) is 17.8 Å². The zero-order valence-electron chi connectivity index (χ0n) is 24.2. The first-order valence-corrected chi connectivity index (χ1v) is 13.5. The van der Waals surface area contributed by atoms with Crippen molar-refractivity contribution in [2.75, 3.05) is 17.2 Å². The molecule has 12 nitrogen and oxygen atoms in total. The molecule has 228 valence electrons. The summed E-state index contributed by atoms with van der Waals surface area (Å²) in [4.78, 5) is 43.8. The number of H-pyrrole nitrogens is 1. The van der Waals surface area contributed by atoms with Gasteiger partial charge in [-0.25, -0.2) is 23.1 Å². The fourth-order valence-corrected chi connectivity index (χ4v) is 4.35. The van der Waals surface area contributed by atoms with Gasteiger partial charge >= 0.3 is 5.69 Å². The molecule has 0 saturated carbocycles. The highest BCUT2D eigenvalue weighted by atomic mass is 19.1. The van der Waals surface area contributed by atoms with Gasteiger partial charge in [-0.15, -0.1) is 0 Å². The minimum Gasteiger partial charge on any atom is -0.453 e. The third-order valence-corrected chi connectivity index (χ3v) is 6.68. The van der Waals surface area contributed by atoms with Crippen LogP contribution in [0.5, 0.6) is 11.5 Å². The molecule has 5 rings (SSSR count). The molecular weight excluding hydrogens is 576 g/mol. The number of carbonyl (C=O) groups excluding carboxylic acids is 1. The molecule has 3 aromatic heterocycles. The lowest BCUT2D eigenvalue weighted by Gasteiger charge is -2.23. The smallest absolute Gasteiger partial charge is 0.335 e. The SMILES string of the molecule is CC(C)n1cc(C(=O)Nc2ccc(Oc3ccnc4[nH]nc(NC(C)(C)CO)c34)c(F)c2)c(=O)n(-c2ccc(F)cc2)c1=O. The topological polar surface area (TPSA) is 156 Å². The third kappa shape index (κ3) is 5.92. The van der Waals surface area contributed by atoms with Crippen molar-refractivity contribution in [3.63, 3.8) is 0 Å². The van der Waals surface area contributed by atoms with Crippen LogP contribution in [0.15, 0.2) is 70.5 Å². The minimum absolute atomic E-state index is 0.0186. The molecule has 2 aromatic carbocycles. The number of benzene rings is 2. The van der Waals surface area contributed by atoms with E-state index in [0.717, 1.165) is 29.0 Å². The van der Waals surface area contributed by atoms with E-state index in [-0.39, 0.29) is 35.0 Å². The second-order valence-electron chi connectivity index (χ2n) is 10.9. The normalized spacial score (nSPS) is 11.6. The largest absolute Gasteiger partial charge is 0.453 e. The molecule has 1 amide bonds. The number of hydrogen-bond donors (Lipinski definition) is 4. The highest BCUT2D eigenvalue weighted by Crippen LogP contribution is 2.35. The van der Waals surface area contributed by atoms with Crippen LogP contribution in [-0.2, 0) is 0 Å². The van der Waals surface area contributed by atoms with E-state index in [2.05, 4.69) is 25.8 Å². The molecule has 5 aromatic rings. The standard InChI is InChI=1S/C30H29F2N7O5/c1-16(2)38-14-20(28(42)39(29(38)43)19-8-5-17(31)6-9-19)27(41)34-18-7-10-22(21(32)13-18)44-23-11-12-33-25-24(23)26(37-36-25)35-30(3,4)15-40/h5-14,16,40H,15H2,1-4H3,(H,34,41)(H2,33,35,36,37). The molecule has 0 saturated heterocycles. The van der Waals surface area contributed by atoms with Gasteiger partial charge in [-0.05, 0) is 64.1 Å². The molecule has 0 atom stereocenters. The number of nitrogens with zero attached hydrogens (tertiary/aromatic N) is 4. The Morgan fingerprint density at radius 1 is 1.09 bits per heavy atom. The lowest BCUT2D eigenvalue weighted by Crippen LogP contribution is -2.42. The monoisotopic (exact) mass is 605 g/mol. The van der Waals surface area contributed by atoms with E-state index >= 15 is 4.39 Å². The lowest BCUT2D eigenvalue weighted by atomic mass is 10.1. The zero-order valence-corrected chi connectivity index (χ0v) is 24.2. The number of nitrogens with one attached hydrogen (secondary N) is 3. The van der Waals surface area contributed by atoms with Crippen molar-refractivity contribution in [3.8, 4) is 17.2 Å². The number of hydrogen-bond acceptors (Lipinski definition) is 8. The number of aliphatic hydroxyl groups excluding tert-OH is 1. The average Bonchev–Trinajstić information content (AvgIpc) is 3.38. The van der Waals surface area contributed by atoms with Gasteiger partial charge in [0, 0.05) is 36.3 Å². The summed E-state index contributed by atoms with van der Waals surface area (Å²) in [6.45, 7) is 6.75. The van der Waals surface area contributed by atoms with Crippen LogP contribution in [0.1, 0.15) is 44.1 Å². The summed E-state index contributed by atoms with van der Waals surface area (Å²) in [5.41, 5.74) is -2.26. The third-order valence-electron chi connectivity index (χ3n) is 6.68. The summed E-state index contributed by atoms with van der Waals surface area (Å²) < 4.78 is 36.6. The predicted octanol–water partition coefficient (Wildman–Crippen LogP) is 4.36. The van der Waals surface area contributed by atoms with E-state index in [4.69, 9.17) is 4.74 Å². The van der Waals surface area contributed by atoms with Gasteiger partial charge in [0.25, 0.3) is 11.5 Å². The highest BCUT2D eigenvalue weighted by Gasteiger charge is 2.23. The predicted molar refractivity (Wildman–Crippen MR) is 160 cm³/mol. The summed E-state index contributed by atoms with van der Waals surface area (Å²) in [5.74, 6) is -1.86. The molecular formula is C30H29F2N7O5. The van der Waals surface area contributed by atoms with Crippen molar-refractivity contribution >= 4 is 28.4 Å². The van der Waals surface area contributed by atoms with Crippen molar-refractivity contribution < 1.29 is 23.4 Å². The Balaban J connectivity index is 1.44. The van der Waals surface area contributed by atoms with Gasteiger partial charge in [0.1, 0.15) is 22.5 Å². The molecule has 4 N–H and O–H groups in total. The summed E-state index contributed by atoms with van der Waals surface area (Å²) >= 11 is 0. The molecule has 0 radical (unpaired) electrons. The van der Waals surface area contributed by atoms with E-state index in [1.807, 2.05) is 0 Å². The number of carbonyl (C=O) groups is 1. The molecule has 0 unspecified atom stereocenters. The fourth-order valence-electron chi connectivity index (χ4n) is 4.35. The summed E-state index contributed by atoms with van der Waals surface area (Å²) in [6.07, 6.45) is 2.60. The highest BCUT2D eigenvalue weighted by molar-refractivity contribution is 6.04. The van der Waals surface area contributed by atoms with E-state index in [9.17, 15) is 23.9 Å². The van der Waals surface area contributed by atoms with Crippen molar-refractivity contribution in [3.05, 3.63) is 99.0 Å². The van der Waals surface area contributed by atoms with Crippen molar-refractivity contribution in [1.29, 1.82) is 0 Å². The van der Waals surface area contributed by atoms with E-state index < -0.39 is 40.4 Å². The minimum atomic E-state index is -0.924. The number of ether oxygens (including phenoxy) is 1. The molecule has 0 aliphatic heterocycles. The number of aromatic amines is 1. The molecule has 0 bridgehead atoms. The van der Waals surface area contributed by atoms with Crippen LogP contribution in [0.3, 0.4) is 0 Å². The second kappa shape index (κ2) is 11.7. The number of rotatable bonds is 9. The summed E-state index contributed by atoms with van der Waals surface area (Å²) in [5, 5.41) is 22.6. The lowest BCUT2D eigenvalue weighted by molar-refractivity contribution is 0.102. The van der Waals surface area contributed by atoms with Gasteiger partial charge in [0.2, 0.25) is 0 Å². The van der Waals surface area contributed by atoms with Gasteiger partial charge < -0.3 is 20.5 Å². The number of anilines is 2. The van der Waals surface area contributed by atoms with Crippen LogP contribution in [0.2, 0.25) is 0 Å². The number of aliphatic hydroxyl groups is 1. The Hall–Kier alpha value is -5.37. The molecule has 14 heteroatoms. The van der Waals surface area contributed by atoms with Crippen molar-refractivity contribution in [2.24, 2.45) is 0 Å². The van der Waals surface area contributed by atoms with Crippen LogP contribution in [0, 0.1) is 11.6 Å². The van der Waals surface area contributed by atoms with E-state index in [1.165, 1.54) is 41.1 Å². The molecule has 0 spiro atoms. The Kier molecular flexibility index (Phi) is 8.02. The molecule has 0 aliphatic carbocycles. The summed E-state index contributed by atoms with van der Waals surface area (Å²) in [7, 11) is 0. The van der Waals surface area contributed by atoms with Gasteiger partial charge in [0.15, 0.2) is 23.0 Å². The van der Waals surface area contributed by atoms with Crippen LogP contribution < -0.4 is 26.6 Å². The van der Waals surface area contributed by atoms with E-state index in [0.29, 0.717) is 16.9 Å². The van der Waals surface area contributed by atoms with Crippen LogP contribution in [-0.4, -0.2) is 47.5 Å². The first-order valence-electron chi connectivity index (χ1n) is 13.5. The van der Waals surface area contributed by atoms with Crippen LogP contribution in [0.25, 0.3) is 16.7 Å². The quantitative estimate of drug-likeness (QED) is 0.193. The summed E-state index contributed by atoms with van der Waals surface area (Å²) in [6, 6.07) is 9.51. The molecule has 3 heterocycles. The number of pyridine rings is 1. The number of aromatic nitrogens is 5.